The molecular formula is C78H96BN3O. The molecular weight excluding hydrogens is 1010 g/mol. The Morgan fingerprint density at radius 2 is 1.04 bits per heavy atom. The van der Waals surface area contributed by atoms with Gasteiger partial charge in [0.05, 0.1) is 16.9 Å². The number of rotatable bonds is 5. The first-order chi connectivity index (χ1) is 38.9. The smallest absolute Gasteiger partial charge is 0.297 e. The van der Waals surface area contributed by atoms with E-state index >= 15 is 0 Å². The van der Waals surface area contributed by atoms with Crippen LogP contribution in [0.3, 0.4) is 0 Å². The minimum Gasteiger partial charge on any atom is -0.468 e. The third kappa shape index (κ3) is 7.88. The highest BCUT2D eigenvalue weighted by Crippen LogP contribution is 2.63. The van der Waals surface area contributed by atoms with Gasteiger partial charge >= 0.3 is 0 Å². The lowest BCUT2D eigenvalue weighted by Gasteiger charge is -2.51. The number of benzene rings is 6. The second kappa shape index (κ2) is 17.7. The van der Waals surface area contributed by atoms with E-state index in [4.69, 9.17) is 4.42 Å². The first-order valence-electron chi connectivity index (χ1n) is 32.7. The summed E-state index contributed by atoms with van der Waals surface area (Å²) in [6.07, 6.45) is 15.4. The number of furan rings is 1. The fourth-order valence-corrected chi connectivity index (χ4v) is 18.0. The minimum absolute atomic E-state index is 0.00273. The molecule has 4 heterocycles. The molecule has 0 amide bonds. The Morgan fingerprint density at radius 3 is 1.66 bits per heavy atom. The lowest BCUT2D eigenvalue weighted by molar-refractivity contribution is 0.195. The SMILES string of the molecule is CCc1cc2oc3c(c2cc1C1(C)CCCC1)N(c1ccc2c(c1)C(C)(C)CCC2(C)C)c1cc(N2c4ccccc4C4(C)CCCCC24C)cc2c1B3c1cc3c(cc1N2c1cc(C(C)(C)C)cc(C(C)(C)C)c1)C(C)(C)CCC3(C)C. The van der Waals surface area contributed by atoms with E-state index < -0.39 is 0 Å². The summed E-state index contributed by atoms with van der Waals surface area (Å²) in [5.74, 6) is 0. The average molecular weight is 1100 g/mol. The molecule has 432 valence electrons. The van der Waals surface area contributed by atoms with Crippen LogP contribution >= 0.6 is 0 Å². The molecule has 2 saturated carbocycles. The van der Waals surface area contributed by atoms with Gasteiger partial charge < -0.3 is 19.1 Å². The van der Waals surface area contributed by atoms with E-state index in [0.717, 1.165) is 43.3 Å². The van der Waals surface area contributed by atoms with Crippen LogP contribution < -0.4 is 31.3 Å². The zero-order chi connectivity index (χ0) is 58.7. The Bertz CT molecular complexity index is 3830. The molecule has 2 unspecified atom stereocenters. The molecule has 0 saturated heterocycles. The van der Waals surface area contributed by atoms with Gasteiger partial charge in [0.25, 0.3) is 6.71 Å². The standard InChI is InChI=1S/C78H96BN3O/c1-19-48-38-66-54(45-57(48)76(16)30-22-23-31-76)68-69(83-66)79-61-46-59-60(75(14,15)37-36-74(59,12)13)47-63(61)80(52-40-49(70(2,3)4)39-50(41-52)71(5,6)7)64-43-53(82-62-27-21-20-26-56(62)77(17)32-24-25-33-78(77,82)18)44-65(67(64)79)81(68)51-28-29-55-58(42-51)73(10,11)35-34-72(55,8)9/h20-21,26-29,38-47H,19,22-25,30-37H2,1-18H3. The van der Waals surface area contributed by atoms with Crippen LogP contribution in [0.4, 0.5) is 45.5 Å². The maximum absolute atomic E-state index is 7.94. The van der Waals surface area contributed by atoms with Gasteiger partial charge in [0.2, 0.25) is 0 Å². The van der Waals surface area contributed by atoms with Gasteiger partial charge in [-0.25, -0.2) is 0 Å². The van der Waals surface area contributed by atoms with E-state index in [1.165, 1.54) is 163 Å². The van der Waals surface area contributed by atoms with Gasteiger partial charge in [-0.05, 0) is 224 Å². The van der Waals surface area contributed by atoms with Gasteiger partial charge in [-0.3, -0.25) is 0 Å². The van der Waals surface area contributed by atoms with Crippen molar-refractivity contribution in [3.8, 4) is 0 Å². The fourth-order valence-electron chi connectivity index (χ4n) is 18.0. The van der Waals surface area contributed by atoms with Gasteiger partial charge in [0.15, 0.2) is 0 Å². The highest BCUT2D eigenvalue weighted by molar-refractivity contribution is 7.00. The van der Waals surface area contributed by atoms with Crippen molar-refractivity contribution in [3.05, 3.63) is 147 Å². The molecule has 0 bridgehead atoms. The van der Waals surface area contributed by atoms with Crippen LogP contribution in [0.2, 0.25) is 0 Å². The van der Waals surface area contributed by atoms with Gasteiger partial charge in [0.1, 0.15) is 5.58 Å². The molecule has 0 spiro atoms. The first-order valence-corrected chi connectivity index (χ1v) is 32.7. The summed E-state index contributed by atoms with van der Waals surface area (Å²) in [5.41, 5.74) is 28.0. The number of fused-ring (bicyclic) bond motifs is 11. The lowest BCUT2D eigenvalue weighted by atomic mass is 9.35. The second-order valence-corrected chi connectivity index (χ2v) is 33.1. The number of nitrogens with zero attached hydrogens (tertiary/aromatic N) is 3. The van der Waals surface area contributed by atoms with Gasteiger partial charge in [-0.1, -0.05) is 180 Å². The van der Waals surface area contributed by atoms with Crippen LogP contribution in [-0.2, 0) is 49.7 Å². The van der Waals surface area contributed by atoms with Gasteiger partial charge in [0, 0.05) is 50.6 Å². The number of anilines is 8. The molecule has 0 N–H and O–H groups in total. The topological polar surface area (TPSA) is 22.9 Å². The minimum atomic E-state index is -0.164. The summed E-state index contributed by atoms with van der Waals surface area (Å²) in [4.78, 5) is 8.40. The fraction of sp³-hybridized carbons (Fsp3) is 0.513. The number of aryl methyl sites for hydroxylation is 1. The normalized spacial score (nSPS) is 24.0. The molecule has 6 aromatic carbocycles. The zero-order valence-corrected chi connectivity index (χ0v) is 54.3. The highest BCUT2D eigenvalue weighted by Gasteiger charge is 2.59. The molecule has 7 aliphatic rings. The van der Waals surface area contributed by atoms with Crippen molar-refractivity contribution >= 4 is 79.8 Å². The summed E-state index contributed by atoms with van der Waals surface area (Å²) in [6, 6.07) is 40.8. The van der Waals surface area contributed by atoms with E-state index in [2.05, 4.69) is 236 Å². The molecule has 7 aromatic rings. The van der Waals surface area contributed by atoms with E-state index in [1.807, 2.05) is 0 Å². The molecule has 4 nitrogen and oxygen atoms in total. The quantitative estimate of drug-likeness (QED) is 0.160. The van der Waals surface area contributed by atoms with Crippen molar-refractivity contribution in [1.82, 2.24) is 0 Å². The Kier molecular flexibility index (Phi) is 11.8. The molecule has 1 aromatic heterocycles. The highest BCUT2D eigenvalue weighted by atomic mass is 16.3. The molecule has 2 fully saturated rings. The molecule has 2 atom stereocenters. The Balaban J connectivity index is 1.18. The summed E-state index contributed by atoms with van der Waals surface area (Å²) < 4.78 is 7.94. The Hall–Kier alpha value is -5.68. The summed E-state index contributed by atoms with van der Waals surface area (Å²) in [5, 5.41) is 1.25. The van der Waals surface area contributed by atoms with Crippen LogP contribution in [0.15, 0.2) is 101 Å². The number of para-hydroxylation sites is 1. The van der Waals surface area contributed by atoms with E-state index in [-0.39, 0.29) is 55.6 Å². The number of hydrogen-bond acceptors (Lipinski definition) is 4. The van der Waals surface area contributed by atoms with E-state index in [9.17, 15) is 0 Å². The van der Waals surface area contributed by atoms with Gasteiger partial charge in [-0.2, -0.15) is 0 Å². The van der Waals surface area contributed by atoms with Crippen molar-refractivity contribution < 1.29 is 4.42 Å². The van der Waals surface area contributed by atoms with Crippen molar-refractivity contribution in [2.75, 3.05) is 14.7 Å². The largest absolute Gasteiger partial charge is 0.468 e. The van der Waals surface area contributed by atoms with E-state index in [0.29, 0.717) is 0 Å². The third-order valence-electron chi connectivity index (χ3n) is 23.9. The Morgan fingerprint density at radius 1 is 0.470 bits per heavy atom. The maximum atomic E-state index is 7.94. The van der Waals surface area contributed by atoms with Crippen molar-refractivity contribution in [3.63, 3.8) is 0 Å². The Labute approximate surface area is 500 Å². The van der Waals surface area contributed by atoms with Crippen molar-refractivity contribution in [1.29, 1.82) is 0 Å². The zero-order valence-electron chi connectivity index (χ0n) is 54.3. The molecule has 5 heteroatoms. The number of hydrogen-bond donors (Lipinski definition) is 0. The lowest BCUT2D eigenvalue weighted by Crippen LogP contribution is -2.61. The van der Waals surface area contributed by atoms with Crippen LogP contribution in [0, 0.1) is 0 Å². The van der Waals surface area contributed by atoms with Crippen LogP contribution in [0.1, 0.15) is 252 Å². The van der Waals surface area contributed by atoms with E-state index in [1.54, 1.807) is 0 Å². The molecule has 83 heavy (non-hydrogen) atoms. The second-order valence-electron chi connectivity index (χ2n) is 33.1. The maximum Gasteiger partial charge on any atom is 0.297 e. The molecule has 4 aliphatic carbocycles. The predicted octanol–water partition coefficient (Wildman–Crippen LogP) is 19.9. The van der Waals surface area contributed by atoms with Crippen LogP contribution in [-0.4, -0.2) is 12.3 Å². The molecule has 3 aliphatic heterocycles. The predicted molar refractivity (Wildman–Crippen MR) is 356 cm³/mol. The monoisotopic (exact) mass is 1100 g/mol. The average Bonchev–Trinajstić information content (AvgIpc) is 2.78. The van der Waals surface area contributed by atoms with Gasteiger partial charge in [-0.15, -0.1) is 0 Å². The summed E-state index contributed by atoms with van der Waals surface area (Å²) in [7, 11) is 0. The van der Waals surface area contributed by atoms with Crippen molar-refractivity contribution in [2.45, 2.75) is 257 Å². The summed E-state index contributed by atoms with van der Waals surface area (Å²) >= 11 is 0. The van der Waals surface area contributed by atoms with Crippen LogP contribution in [0.25, 0.3) is 11.0 Å². The molecule has 0 radical (unpaired) electrons. The van der Waals surface area contributed by atoms with Crippen molar-refractivity contribution in [2.24, 2.45) is 0 Å². The molecule has 14 rings (SSSR count). The summed E-state index contributed by atoms with van der Waals surface area (Å²) in [6.45, 7) is 44.4. The van der Waals surface area contributed by atoms with Crippen LogP contribution in [0.5, 0.6) is 0 Å². The third-order valence-corrected chi connectivity index (χ3v) is 23.9. The first kappa shape index (κ1) is 55.2.